The van der Waals surface area contributed by atoms with Crippen LogP contribution in [0.5, 0.6) is 0 Å². The summed E-state index contributed by atoms with van der Waals surface area (Å²) in [6.45, 7) is 2.96. The molecule has 9 nitrogen and oxygen atoms in total. The molecular formula is C20H21F2N5O4S. The molecule has 1 aromatic heterocycles. The van der Waals surface area contributed by atoms with E-state index in [1.165, 1.54) is 31.4 Å². The van der Waals surface area contributed by atoms with Crippen molar-refractivity contribution in [2.24, 2.45) is 10.7 Å². The first kappa shape index (κ1) is 22.1. The summed E-state index contributed by atoms with van der Waals surface area (Å²) in [5.41, 5.74) is 4.31. The lowest BCUT2D eigenvalue weighted by Gasteiger charge is -2.39. The van der Waals surface area contributed by atoms with Gasteiger partial charge in [0, 0.05) is 24.5 Å². The molecule has 0 saturated carbocycles. The number of carbonyl (C=O) groups excluding carboxylic acids is 1. The molecular weight excluding hydrogens is 444 g/mol. The van der Waals surface area contributed by atoms with Crippen LogP contribution in [0.25, 0.3) is 0 Å². The predicted molar refractivity (Wildman–Crippen MR) is 112 cm³/mol. The first-order valence-corrected chi connectivity index (χ1v) is 11.2. The van der Waals surface area contributed by atoms with Gasteiger partial charge in [-0.2, -0.15) is 0 Å². The largest absolute Gasteiger partial charge is 0.374 e. The molecule has 170 valence electrons. The van der Waals surface area contributed by atoms with Crippen LogP contribution >= 0.6 is 0 Å². The van der Waals surface area contributed by atoms with E-state index in [1.807, 2.05) is 0 Å². The Hall–Kier alpha value is -3.12. The summed E-state index contributed by atoms with van der Waals surface area (Å²) in [6.07, 6.45) is 0.554. The molecule has 3 N–H and O–H groups in total. The number of sulfonamides is 1. The van der Waals surface area contributed by atoms with Crippen molar-refractivity contribution in [2.75, 3.05) is 19.0 Å². The number of rotatable bonds is 3. The third-order valence-electron chi connectivity index (χ3n) is 5.69. The number of nitrogens with one attached hydrogen (secondary N) is 1. The van der Waals surface area contributed by atoms with Crippen LogP contribution in [0.4, 0.5) is 14.5 Å². The van der Waals surface area contributed by atoms with Gasteiger partial charge >= 0.3 is 0 Å². The molecule has 2 aliphatic rings. The molecule has 0 unspecified atom stereocenters. The number of carbonyl (C=O) groups is 1. The highest BCUT2D eigenvalue weighted by Crippen LogP contribution is 2.46. The fourth-order valence-electron chi connectivity index (χ4n) is 4.09. The number of guanidine groups is 1. The van der Waals surface area contributed by atoms with E-state index >= 15 is 4.39 Å². The first-order chi connectivity index (χ1) is 15.0. The number of benzene rings is 1. The molecule has 0 bridgehead atoms. The first-order valence-electron chi connectivity index (χ1n) is 9.65. The van der Waals surface area contributed by atoms with Gasteiger partial charge in [-0.25, -0.2) is 31.5 Å². The van der Waals surface area contributed by atoms with Crippen molar-refractivity contribution in [3.63, 3.8) is 0 Å². The second kappa shape index (κ2) is 7.48. The average Bonchev–Trinajstić information content (AvgIpc) is 3.05. The Kier molecular flexibility index (Phi) is 5.17. The number of aliphatic imine (C=N–C) groups is 1. The number of fused-ring (bicyclic) bond motifs is 1. The molecule has 0 radical (unpaired) electrons. The van der Waals surface area contributed by atoms with E-state index in [0.717, 1.165) is 10.4 Å². The van der Waals surface area contributed by atoms with Gasteiger partial charge in [0.1, 0.15) is 16.6 Å². The Morgan fingerprint density at radius 2 is 2.03 bits per heavy atom. The van der Waals surface area contributed by atoms with Gasteiger partial charge in [-0.15, -0.1) is 0 Å². The Balaban J connectivity index is 1.78. The van der Waals surface area contributed by atoms with E-state index in [0.29, 0.717) is 5.56 Å². The zero-order chi connectivity index (χ0) is 23.4. The van der Waals surface area contributed by atoms with Gasteiger partial charge in [0.05, 0.1) is 12.7 Å². The normalized spacial score (nSPS) is 26.4. The standard InChI is InChI=1S/C20H21F2N5O4S/c1-10-6-15(22)16(24-8-10)18(28)25-12-4-5-14(21)13(7-12)20-9-31-11(2)17(20)32(29,30)27(3)19(23)26-20/h4-8,11,17H,9H2,1-3H3,(H2,23,26)(H,25,28)/t11-,17-,20-/m1/s1. The number of pyridine rings is 1. The van der Waals surface area contributed by atoms with E-state index in [1.54, 1.807) is 13.8 Å². The van der Waals surface area contributed by atoms with Gasteiger partial charge in [0.2, 0.25) is 16.0 Å². The monoisotopic (exact) mass is 465 g/mol. The van der Waals surface area contributed by atoms with Crippen LogP contribution in [0, 0.1) is 18.6 Å². The third kappa shape index (κ3) is 3.30. The minimum absolute atomic E-state index is 0.103. The van der Waals surface area contributed by atoms with Crippen LogP contribution in [-0.2, 0) is 20.3 Å². The lowest BCUT2D eigenvalue weighted by Crippen LogP contribution is -2.58. The lowest BCUT2D eigenvalue weighted by molar-refractivity contribution is 0.101. The summed E-state index contributed by atoms with van der Waals surface area (Å²) in [6, 6.07) is 4.75. The maximum atomic E-state index is 15.0. The topological polar surface area (TPSA) is 127 Å². The molecule has 32 heavy (non-hydrogen) atoms. The SMILES string of the molecule is Cc1cnc(C(=O)Nc2ccc(F)c([C@]34CO[C@H](C)[C@H]3S(=O)(=O)N(C)C(N)=N4)c2)c(F)c1. The summed E-state index contributed by atoms with van der Waals surface area (Å²) in [5.74, 6) is -2.70. The Morgan fingerprint density at radius 1 is 1.31 bits per heavy atom. The Labute approximate surface area is 183 Å². The van der Waals surface area contributed by atoms with Crippen molar-refractivity contribution in [2.45, 2.75) is 30.7 Å². The van der Waals surface area contributed by atoms with E-state index in [-0.39, 0.29) is 23.8 Å². The van der Waals surface area contributed by atoms with Crippen molar-refractivity contribution in [3.05, 3.63) is 58.9 Å². The summed E-state index contributed by atoms with van der Waals surface area (Å²) in [7, 11) is -2.75. The predicted octanol–water partition coefficient (Wildman–Crippen LogP) is 1.49. The van der Waals surface area contributed by atoms with Gasteiger partial charge < -0.3 is 15.8 Å². The van der Waals surface area contributed by atoms with Gasteiger partial charge in [-0.05, 0) is 43.7 Å². The Bertz CT molecular complexity index is 1250. The summed E-state index contributed by atoms with van der Waals surface area (Å²) in [5, 5.41) is 1.23. The molecule has 1 amide bonds. The van der Waals surface area contributed by atoms with Crippen molar-refractivity contribution in [1.29, 1.82) is 0 Å². The quantitative estimate of drug-likeness (QED) is 0.707. The highest BCUT2D eigenvalue weighted by atomic mass is 32.2. The summed E-state index contributed by atoms with van der Waals surface area (Å²) in [4.78, 5) is 20.6. The zero-order valence-electron chi connectivity index (χ0n) is 17.5. The molecule has 0 spiro atoms. The van der Waals surface area contributed by atoms with Crippen LogP contribution in [0.2, 0.25) is 0 Å². The van der Waals surface area contributed by atoms with Crippen molar-refractivity contribution in [3.8, 4) is 0 Å². The van der Waals surface area contributed by atoms with E-state index in [4.69, 9.17) is 10.5 Å². The van der Waals surface area contributed by atoms with E-state index in [2.05, 4.69) is 15.3 Å². The fourth-order valence-corrected chi connectivity index (χ4v) is 6.04. The minimum atomic E-state index is -4.01. The summed E-state index contributed by atoms with van der Waals surface area (Å²) < 4.78 is 61.7. The molecule has 4 rings (SSSR count). The molecule has 3 heterocycles. The Morgan fingerprint density at radius 3 is 2.72 bits per heavy atom. The van der Waals surface area contributed by atoms with Gasteiger partial charge in [0.25, 0.3) is 5.91 Å². The van der Waals surface area contributed by atoms with Crippen LogP contribution in [0.3, 0.4) is 0 Å². The van der Waals surface area contributed by atoms with E-state index < -0.39 is 50.2 Å². The van der Waals surface area contributed by atoms with Gasteiger partial charge in [-0.3, -0.25) is 4.79 Å². The number of hydrogen-bond donors (Lipinski definition) is 2. The van der Waals surface area contributed by atoms with Gasteiger partial charge in [-0.1, -0.05) is 0 Å². The van der Waals surface area contributed by atoms with Crippen molar-refractivity contribution < 1.29 is 26.7 Å². The van der Waals surface area contributed by atoms with Gasteiger partial charge in [0.15, 0.2) is 11.5 Å². The van der Waals surface area contributed by atoms with Crippen LogP contribution in [-0.4, -0.2) is 54.6 Å². The molecule has 12 heteroatoms. The number of nitrogens with two attached hydrogens (primary N) is 1. The molecule has 2 aliphatic heterocycles. The fraction of sp³-hybridized carbons (Fsp3) is 0.350. The molecule has 1 saturated heterocycles. The average molecular weight is 465 g/mol. The molecule has 3 atom stereocenters. The number of ether oxygens (including phenoxy) is 1. The zero-order valence-corrected chi connectivity index (χ0v) is 18.3. The van der Waals surface area contributed by atoms with Crippen LogP contribution in [0.15, 0.2) is 35.5 Å². The molecule has 0 aliphatic carbocycles. The highest BCUT2D eigenvalue weighted by molar-refractivity contribution is 7.90. The maximum Gasteiger partial charge on any atom is 0.277 e. The van der Waals surface area contributed by atoms with Crippen LogP contribution in [0.1, 0.15) is 28.5 Å². The minimum Gasteiger partial charge on any atom is -0.374 e. The number of aromatic nitrogens is 1. The number of anilines is 1. The number of hydrogen-bond acceptors (Lipinski definition) is 7. The maximum absolute atomic E-state index is 15.0. The number of aryl methyl sites for hydroxylation is 1. The second-order valence-electron chi connectivity index (χ2n) is 7.84. The van der Waals surface area contributed by atoms with Crippen molar-refractivity contribution in [1.82, 2.24) is 9.29 Å². The lowest BCUT2D eigenvalue weighted by atomic mass is 9.86. The number of amides is 1. The number of halogens is 2. The highest BCUT2D eigenvalue weighted by Gasteiger charge is 2.61. The third-order valence-corrected chi connectivity index (χ3v) is 8.05. The molecule has 2 aromatic rings. The van der Waals surface area contributed by atoms with Crippen molar-refractivity contribution >= 4 is 27.6 Å². The summed E-state index contributed by atoms with van der Waals surface area (Å²) >= 11 is 0. The molecule has 1 fully saturated rings. The smallest absolute Gasteiger partial charge is 0.277 e. The van der Waals surface area contributed by atoms with E-state index in [9.17, 15) is 17.6 Å². The number of nitrogens with zero attached hydrogens (tertiary/aromatic N) is 3. The second-order valence-corrected chi connectivity index (χ2v) is 9.92. The van der Waals surface area contributed by atoms with Crippen LogP contribution < -0.4 is 11.1 Å². The molecule has 1 aromatic carbocycles.